The molecule has 1 aromatic heterocycles. The number of anilines is 1. The van der Waals surface area contributed by atoms with Crippen LogP contribution in [0.4, 0.5) is 5.82 Å². The van der Waals surface area contributed by atoms with Gasteiger partial charge in [-0.3, -0.25) is 13.9 Å². The molecule has 4 atom stereocenters. The molecule has 1 aliphatic heterocycles. The quantitative estimate of drug-likeness (QED) is 0.356. The number of nitrogens with two attached hydrogens (primary N) is 1. The molecule has 0 radical (unpaired) electrons. The summed E-state index contributed by atoms with van der Waals surface area (Å²) in [6, 6.07) is 0.149. The number of hydrogen-bond acceptors (Lipinski definition) is 8. The normalized spacial score (nSPS) is 27.2. The van der Waals surface area contributed by atoms with Crippen molar-refractivity contribution < 1.29 is 33.5 Å². The Hall–Kier alpha value is -1.82. The molecule has 1 amide bonds. The van der Waals surface area contributed by atoms with Gasteiger partial charge < -0.3 is 30.7 Å². The highest BCUT2D eigenvalue weighted by Gasteiger charge is 2.49. The Morgan fingerprint density at radius 1 is 1.58 bits per heavy atom. The molecule has 24 heavy (non-hydrogen) atoms. The van der Waals surface area contributed by atoms with Crippen LogP contribution in [0, 0.1) is 0 Å². The van der Waals surface area contributed by atoms with E-state index in [2.05, 4.69) is 14.8 Å². The Morgan fingerprint density at radius 3 is 2.75 bits per heavy atom. The molecular formula is C11H17N4O8P. The van der Waals surface area contributed by atoms with Gasteiger partial charge in [-0.1, -0.05) is 0 Å². The highest BCUT2D eigenvalue weighted by atomic mass is 31.2. The number of ether oxygens (including phenoxy) is 1. The summed E-state index contributed by atoms with van der Waals surface area (Å²) < 4.78 is 22.2. The van der Waals surface area contributed by atoms with Gasteiger partial charge in [-0.25, -0.2) is 9.36 Å². The van der Waals surface area contributed by atoms with Crippen molar-refractivity contribution in [3.8, 4) is 0 Å². The number of carbonyl (C=O) groups is 1. The summed E-state index contributed by atoms with van der Waals surface area (Å²) >= 11 is 0. The maximum Gasteiger partial charge on any atom is 0.470 e. The van der Waals surface area contributed by atoms with Gasteiger partial charge in [0.25, 0.3) is 0 Å². The molecule has 0 aliphatic carbocycles. The van der Waals surface area contributed by atoms with Gasteiger partial charge in [-0.05, 0) is 6.07 Å². The molecule has 13 heteroatoms. The number of aliphatic hydroxyl groups is 1. The lowest BCUT2D eigenvalue weighted by Crippen LogP contribution is -2.48. The lowest BCUT2D eigenvalue weighted by atomic mass is 10.1. The van der Waals surface area contributed by atoms with E-state index in [1.165, 1.54) is 19.2 Å². The number of rotatable bonds is 5. The second-order valence-electron chi connectivity index (χ2n) is 5.08. The van der Waals surface area contributed by atoms with E-state index in [0.717, 1.165) is 4.57 Å². The number of nitrogens with zero attached hydrogens (tertiary/aromatic N) is 2. The Labute approximate surface area is 135 Å². The molecule has 0 saturated carbocycles. The molecule has 1 saturated heterocycles. The van der Waals surface area contributed by atoms with Gasteiger partial charge in [0.05, 0.1) is 6.61 Å². The van der Waals surface area contributed by atoms with Gasteiger partial charge in [-0.2, -0.15) is 4.98 Å². The second kappa shape index (κ2) is 6.97. The van der Waals surface area contributed by atoms with E-state index in [1.807, 2.05) is 0 Å². The average molecular weight is 364 g/mol. The fraction of sp³-hybridized carbons (Fsp3) is 0.545. The van der Waals surface area contributed by atoms with E-state index in [0.29, 0.717) is 0 Å². The van der Waals surface area contributed by atoms with Crippen molar-refractivity contribution in [1.29, 1.82) is 0 Å². The molecule has 134 valence electrons. The maximum atomic E-state index is 12.0. The summed E-state index contributed by atoms with van der Waals surface area (Å²) in [5.74, 6) is -0.588. The van der Waals surface area contributed by atoms with Crippen LogP contribution < -0.4 is 16.7 Å². The van der Waals surface area contributed by atoms with Crippen molar-refractivity contribution in [2.24, 2.45) is 0 Å². The number of nitrogens with one attached hydrogen (secondary N) is 1. The number of aliphatic hydroxyl groups excluding tert-OH is 1. The first kappa shape index (κ1) is 18.5. The van der Waals surface area contributed by atoms with Crippen molar-refractivity contribution in [2.45, 2.75) is 31.4 Å². The van der Waals surface area contributed by atoms with Crippen LogP contribution in [0.25, 0.3) is 0 Å². The molecule has 2 rings (SSSR count). The van der Waals surface area contributed by atoms with E-state index in [-0.39, 0.29) is 5.82 Å². The van der Waals surface area contributed by atoms with Gasteiger partial charge in [0.1, 0.15) is 24.1 Å². The minimum absolute atomic E-state index is 0.0351. The van der Waals surface area contributed by atoms with Crippen molar-refractivity contribution in [3.05, 3.63) is 22.7 Å². The van der Waals surface area contributed by atoms with Gasteiger partial charge in [0, 0.05) is 13.1 Å². The third-order valence-electron chi connectivity index (χ3n) is 3.28. The SMILES string of the molecule is CC(=O)N[C@@H]1[C@H](OP(=O)(O)O)[C@@H](CO)O[C@H]1n1ccc(N)nc1=O. The summed E-state index contributed by atoms with van der Waals surface area (Å²) in [7, 11) is -4.95. The van der Waals surface area contributed by atoms with Crippen molar-refractivity contribution >= 4 is 19.5 Å². The highest BCUT2D eigenvalue weighted by molar-refractivity contribution is 7.46. The number of phosphoric acid groups is 1. The number of carbonyl (C=O) groups excluding carboxylic acids is 1. The molecule has 12 nitrogen and oxygen atoms in total. The molecule has 1 fully saturated rings. The van der Waals surface area contributed by atoms with Crippen molar-refractivity contribution in [2.75, 3.05) is 12.3 Å². The first-order valence-corrected chi connectivity index (χ1v) is 8.27. The molecule has 1 aliphatic rings. The number of hydrogen-bond donors (Lipinski definition) is 5. The smallest absolute Gasteiger partial charge is 0.394 e. The van der Waals surface area contributed by atoms with Crippen molar-refractivity contribution in [3.63, 3.8) is 0 Å². The fourth-order valence-corrected chi connectivity index (χ4v) is 3.00. The van der Waals surface area contributed by atoms with Crippen LogP contribution in [-0.4, -0.2) is 55.2 Å². The van der Waals surface area contributed by atoms with Crippen LogP contribution in [0.15, 0.2) is 17.1 Å². The molecular weight excluding hydrogens is 347 g/mol. The predicted octanol–water partition coefficient (Wildman–Crippen LogP) is -2.30. The summed E-state index contributed by atoms with van der Waals surface area (Å²) in [6.45, 7) is 0.510. The Bertz CT molecular complexity index is 718. The van der Waals surface area contributed by atoms with Crippen LogP contribution >= 0.6 is 7.82 Å². The lowest BCUT2D eigenvalue weighted by Gasteiger charge is -2.25. The number of amides is 1. The summed E-state index contributed by atoms with van der Waals surface area (Å²) in [5.41, 5.74) is 4.60. The van der Waals surface area contributed by atoms with E-state index in [4.69, 9.17) is 20.3 Å². The summed E-state index contributed by atoms with van der Waals surface area (Å²) in [6.07, 6.45) is -2.54. The molecule has 2 heterocycles. The fourth-order valence-electron chi connectivity index (χ4n) is 2.42. The summed E-state index contributed by atoms with van der Waals surface area (Å²) in [4.78, 5) is 45.0. The zero-order chi connectivity index (χ0) is 18.1. The highest BCUT2D eigenvalue weighted by Crippen LogP contribution is 2.43. The predicted molar refractivity (Wildman–Crippen MR) is 78.4 cm³/mol. The van der Waals surface area contributed by atoms with Gasteiger partial charge in [0.15, 0.2) is 6.23 Å². The van der Waals surface area contributed by atoms with Crippen LogP contribution in [-0.2, 0) is 18.6 Å². The van der Waals surface area contributed by atoms with Crippen LogP contribution in [0.2, 0.25) is 0 Å². The number of nitrogen functional groups attached to an aromatic ring is 1. The Kier molecular flexibility index (Phi) is 5.38. The third kappa shape index (κ3) is 4.17. The molecule has 0 bridgehead atoms. The number of aromatic nitrogens is 2. The molecule has 0 spiro atoms. The standard InChI is InChI=1S/C11H17N4O8P/c1-5(17)13-8-9(23-24(19,20)21)6(4-16)22-10(8)15-3-2-7(12)14-11(15)18/h2-3,6,8-10,16H,4H2,1H3,(H,13,17)(H2,12,14,18)(H2,19,20,21)/t6-,8-,9-,10-/m1/s1. The van der Waals surface area contributed by atoms with Gasteiger partial charge >= 0.3 is 13.5 Å². The van der Waals surface area contributed by atoms with E-state index >= 15 is 0 Å². The molecule has 6 N–H and O–H groups in total. The first-order valence-electron chi connectivity index (χ1n) is 6.74. The second-order valence-corrected chi connectivity index (χ2v) is 6.27. The molecule has 0 aromatic carbocycles. The van der Waals surface area contributed by atoms with E-state index in [9.17, 15) is 19.3 Å². The van der Waals surface area contributed by atoms with E-state index < -0.39 is 50.5 Å². The maximum absolute atomic E-state index is 12.0. The monoisotopic (exact) mass is 364 g/mol. The minimum atomic E-state index is -4.95. The minimum Gasteiger partial charge on any atom is -0.394 e. The first-order chi connectivity index (χ1) is 11.1. The van der Waals surface area contributed by atoms with E-state index in [1.54, 1.807) is 0 Å². The lowest BCUT2D eigenvalue weighted by molar-refractivity contribution is -0.121. The van der Waals surface area contributed by atoms with Crippen molar-refractivity contribution in [1.82, 2.24) is 14.9 Å². The topological polar surface area (TPSA) is 186 Å². The Morgan fingerprint density at radius 2 is 2.25 bits per heavy atom. The average Bonchev–Trinajstić information content (AvgIpc) is 2.74. The largest absolute Gasteiger partial charge is 0.470 e. The van der Waals surface area contributed by atoms with Crippen LogP contribution in [0.5, 0.6) is 0 Å². The summed E-state index contributed by atoms with van der Waals surface area (Å²) in [5, 5.41) is 11.8. The zero-order valence-electron chi connectivity index (χ0n) is 12.5. The van der Waals surface area contributed by atoms with Gasteiger partial charge in [0.2, 0.25) is 5.91 Å². The third-order valence-corrected chi connectivity index (χ3v) is 3.79. The van der Waals surface area contributed by atoms with Crippen LogP contribution in [0.1, 0.15) is 13.2 Å². The number of phosphoric ester groups is 1. The molecule has 1 aromatic rings. The Balaban J connectivity index is 2.43. The van der Waals surface area contributed by atoms with Crippen LogP contribution in [0.3, 0.4) is 0 Å². The van der Waals surface area contributed by atoms with Gasteiger partial charge in [-0.15, -0.1) is 0 Å². The zero-order valence-corrected chi connectivity index (χ0v) is 13.4. The molecule has 0 unspecified atom stereocenters.